The highest BCUT2D eigenvalue weighted by molar-refractivity contribution is 5.97. The SMILES string of the molecule is CC(=O)C(C)=Cc1cc(C(F)(F)F)cc(C(F)(F)F)c1. The van der Waals surface area contributed by atoms with E-state index in [1.807, 2.05) is 0 Å². The molecule has 0 bridgehead atoms. The smallest absolute Gasteiger partial charge is 0.295 e. The molecule has 1 aromatic carbocycles. The maximum Gasteiger partial charge on any atom is 0.416 e. The fourth-order valence-corrected chi connectivity index (χ4v) is 1.41. The molecule has 1 aromatic rings. The number of hydrogen-bond acceptors (Lipinski definition) is 1. The Morgan fingerprint density at radius 2 is 1.30 bits per heavy atom. The van der Waals surface area contributed by atoms with Gasteiger partial charge in [0.25, 0.3) is 0 Å². The zero-order valence-electron chi connectivity index (χ0n) is 10.5. The minimum atomic E-state index is -4.89. The summed E-state index contributed by atoms with van der Waals surface area (Å²) >= 11 is 0. The van der Waals surface area contributed by atoms with Gasteiger partial charge in [-0.3, -0.25) is 4.79 Å². The normalized spacial score (nSPS) is 13.5. The van der Waals surface area contributed by atoms with Crippen molar-refractivity contribution in [1.29, 1.82) is 0 Å². The van der Waals surface area contributed by atoms with Crippen LogP contribution >= 0.6 is 0 Å². The van der Waals surface area contributed by atoms with Gasteiger partial charge in [0.15, 0.2) is 5.78 Å². The van der Waals surface area contributed by atoms with Gasteiger partial charge in [0.2, 0.25) is 0 Å². The van der Waals surface area contributed by atoms with Crippen LogP contribution < -0.4 is 0 Å². The van der Waals surface area contributed by atoms with E-state index in [0.717, 1.165) is 6.08 Å². The van der Waals surface area contributed by atoms with Crippen LogP contribution in [0.5, 0.6) is 0 Å². The lowest BCUT2D eigenvalue weighted by Gasteiger charge is -2.13. The summed E-state index contributed by atoms with van der Waals surface area (Å²) in [6, 6.07) is 1.18. The number of hydrogen-bond donors (Lipinski definition) is 0. The van der Waals surface area contributed by atoms with Crippen molar-refractivity contribution >= 4 is 11.9 Å². The summed E-state index contributed by atoms with van der Waals surface area (Å²) in [7, 11) is 0. The van der Waals surface area contributed by atoms with E-state index >= 15 is 0 Å². The molecule has 7 heteroatoms. The van der Waals surface area contributed by atoms with Crippen molar-refractivity contribution in [2.24, 2.45) is 0 Å². The zero-order chi connectivity index (χ0) is 15.7. The van der Waals surface area contributed by atoms with Gasteiger partial charge in [0.1, 0.15) is 0 Å². The molecular weight excluding hydrogens is 286 g/mol. The van der Waals surface area contributed by atoms with E-state index in [4.69, 9.17) is 0 Å². The second kappa shape index (κ2) is 5.30. The van der Waals surface area contributed by atoms with Crippen molar-refractivity contribution in [1.82, 2.24) is 0 Å². The molecular formula is C13H10F6O. The molecule has 0 atom stereocenters. The van der Waals surface area contributed by atoms with Gasteiger partial charge in [-0.25, -0.2) is 0 Å². The third kappa shape index (κ3) is 4.11. The Bertz CT molecular complexity index is 519. The number of rotatable bonds is 2. The standard InChI is InChI=1S/C13H10F6O/c1-7(8(2)20)3-9-4-10(12(14,15)16)6-11(5-9)13(17,18)19/h3-6H,1-2H3. The van der Waals surface area contributed by atoms with E-state index in [2.05, 4.69) is 0 Å². The lowest BCUT2D eigenvalue weighted by Crippen LogP contribution is -2.11. The molecule has 0 aliphatic carbocycles. The summed E-state index contributed by atoms with van der Waals surface area (Å²) in [5.41, 5.74) is -3.07. The van der Waals surface area contributed by atoms with Gasteiger partial charge in [-0.05, 0) is 49.3 Å². The van der Waals surface area contributed by atoms with E-state index in [0.29, 0.717) is 12.1 Å². The van der Waals surface area contributed by atoms with Gasteiger partial charge in [-0.1, -0.05) is 0 Å². The van der Waals surface area contributed by atoms with E-state index in [9.17, 15) is 31.1 Å². The van der Waals surface area contributed by atoms with Gasteiger partial charge in [0.05, 0.1) is 11.1 Å². The monoisotopic (exact) mass is 296 g/mol. The lowest BCUT2D eigenvalue weighted by molar-refractivity contribution is -0.143. The molecule has 0 amide bonds. The van der Waals surface area contributed by atoms with Crippen LogP contribution in [0.4, 0.5) is 26.3 Å². The molecule has 20 heavy (non-hydrogen) atoms. The van der Waals surface area contributed by atoms with Gasteiger partial charge in [-0.15, -0.1) is 0 Å². The third-order valence-electron chi connectivity index (χ3n) is 2.55. The topological polar surface area (TPSA) is 17.1 Å². The molecule has 0 radical (unpaired) electrons. The molecule has 0 fully saturated rings. The Labute approximate surface area is 110 Å². The number of ketones is 1. The predicted molar refractivity (Wildman–Crippen MR) is 60.8 cm³/mol. The molecule has 0 aliphatic heterocycles. The Balaban J connectivity index is 3.47. The van der Waals surface area contributed by atoms with Crippen LogP contribution in [0.1, 0.15) is 30.5 Å². The van der Waals surface area contributed by atoms with Gasteiger partial charge < -0.3 is 0 Å². The Morgan fingerprint density at radius 3 is 1.60 bits per heavy atom. The highest BCUT2D eigenvalue weighted by Gasteiger charge is 2.36. The number of allylic oxidation sites excluding steroid dienone is 1. The number of Topliss-reactive ketones (excluding diaryl/α,β-unsaturated/α-hetero) is 1. The average Bonchev–Trinajstić information content (AvgIpc) is 2.26. The summed E-state index contributed by atoms with van der Waals surface area (Å²) in [6.45, 7) is 2.49. The van der Waals surface area contributed by atoms with E-state index < -0.39 is 29.3 Å². The Hall–Kier alpha value is -1.79. The Kier molecular flexibility index (Phi) is 4.31. The predicted octanol–water partition coefficient (Wildman–Crippen LogP) is 4.72. The van der Waals surface area contributed by atoms with E-state index in [1.165, 1.54) is 13.8 Å². The fraction of sp³-hybridized carbons (Fsp3) is 0.308. The number of alkyl halides is 6. The molecule has 0 aliphatic rings. The van der Waals surface area contributed by atoms with Crippen LogP contribution in [0.25, 0.3) is 6.08 Å². The number of carbonyl (C=O) groups is 1. The van der Waals surface area contributed by atoms with Crippen molar-refractivity contribution in [2.45, 2.75) is 26.2 Å². The van der Waals surface area contributed by atoms with Gasteiger partial charge in [0, 0.05) is 0 Å². The minimum Gasteiger partial charge on any atom is -0.295 e. The van der Waals surface area contributed by atoms with Crippen LogP contribution in [-0.2, 0) is 17.1 Å². The molecule has 1 nitrogen and oxygen atoms in total. The van der Waals surface area contributed by atoms with Crippen molar-refractivity contribution in [3.8, 4) is 0 Å². The first kappa shape index (κ1) is 16.3. The number of benzene rings is 1. The quantitative estimate of drug-likeness (QED) is 0.570. The molecule has 0 saturated carbocycles. The van der Waals surface area contributed by atoms with Gasteiger partial charge >= 0.3 is 12.4 Å². The minimum absolute atomic E-state index is 0.0421. The zero-order valence-corrected chi connectivity index (χ0v) is 10.5. The largest absolute Gasteiger partial charge is 0.416 e. The van der Waals surface area contributed by atoms with Crippen molar-refractivity contribution < 1.29 is 31.1 Å². The van der Waals surface area contributed by atoms with Crippen LogP contribution in [0, 0.1) is 0 Å². The third-order valence-corrected chi connectivity index (χ3v) is 2.55. The second-order valence-corrected chi connectivity index (χ2v) is 4.22. The van der Waals surface area contributed by atoms with Crippen molar-refractivity contribution in [3.05, 3.63) is 40.5 Å². The maximum atomic E-state index is 12.6. The van der Waals surface area contributed by atoms with Crippen LogP contribution in [0.2, 0.25) is 0 Å². The highest BCUT2D eigenvalue weighted by Crippen LogP contribution is 2.36. The summed E-state index contributed by atoms with van der Waals surface area (Å²) < 4.78 is 75.5. The first-order valence-corrected chi connectivity index (χ1v) is 5.40. The molecule has 110 valence electrons. The molecule has 0 aromatic heterocycles. The Morgan fingerprint density at radius 1 is 0.900 bits per heavy atom. The van der Waals surface area contributed by atoms with Crippen LogP contribution in [0.15, 0.2) is 23.8 Å². The number of carbonyl (C=O) groups excluding carboxylic acids is 1. The average molecular weight is 296 g/mol. The summed E-state index contributed by atoms with van der Waals surface area (Å²) in [6.07, 6.45) is -8.80. The second-order valence-electron chi connectivity index (χ2n) is 4.22. The fourth-order valence-electron chi connectivity index (χ4n) is 1.41. The molecule has 0 saturated heterocycles. The molecule has 0 spiro atoms. The van der Waals surface area contributed by atoms with Crippen molar-refractivity contribution in [2.75, 3.05) is 0 Å². The highest BCUT2D eigenvalue weighted by atomic mass is 19.4. The maximum absolute atomic E-state index is 12.6. The first-order chi connectivity index (χ1) is 8.91. The van der Waals surface area contributed by atoms with E-state index in [-0.39, 0.29) is 17.2 Å². The van der Waals surface area contributed by atoms with E-state index in [1.54, 1.807) is 0 Å². The molecule has 1 rings (SSSR count). The van der Waals surface area contributed by atoms with Crippen LogP contribution in [0.3, 0.4) is 0 Å². The lowest BCUT2D eigenvalue weighted by atomic mass is 10.0. The first-order valence-electron chi connectivity index (χ1n) is 5.40. The number of halogens is 6. The van der Waals surface area contributed by atoms with Crippen molar-refractivity contribution in [3.63, 3.8) is 0 Å². The summed E-state index contributed by atoms with van der Waals surface area (Å²) in [5, 5.41) is 0. The molecule has 0 heterocycles. The summed E-state index contributed by atoms with van der Waals surface area (Å²) in [4.78, 5) is 11.0. The van der Waals surface area contributed by atoms with Crippen LogP contribution in [-0.4, -0.2) is 5.78 Å². The summed E-state index contributed by atoms with van der Waals surface area (Å²) in [5.74, 6) is -0.434. The molecule has 0 unspecified atom stereocenters. The van der Waals surface area contributed by atoms with Gasteiger partial charge in [-0.2, -0.15) is 26.3 Å². The molecule has 0 N–H and O–H groups in total.